The van der Waals surface area contributed by atoms with E-state index in [9.17, 15) is 5.11 Å². The Balaban J connectivity index is 1.21. The summed E-state index contributed by atoms with van der Waals surface area (Å²) in [6.07, 6.45) is 2.34. The summed E-state index contributed by atoms with van der Waals surface area (Å²) >= 11 is 0. The number of imidazole rings is 1. The molecular weight excluding hydrogens is 398 g/mol. The SMILES string of the molecule is Cc1cccc2c1CCN(CC(O)COc1cccc(-c3ccc4ncn(C)c4c3)c1)C2. The zero-order valence-corrected chi connectivity index (χ0v) is 18.7. The van der Waals surface area contributed by atoms with Crippen LogP contribution in [0.25, 0.3) is 22.2 Å². The normalized spacial score (nSPS) is 15.0. The zero-order chi connectivity index (χ0) is 22.1. The summed E-state index contributed by atoms with van der Waals surface area (Å²) in [6, 6.07) is 20.8. The van der Waals surface area contributed by atoms with Crippen LogP contribution in [0.2, 0.25) is 0 Å². The zero-order valence-electron chi connectivity index (χ0n) is 18.7. The van der Waals surface area contributed by atoms with Gasteiger partial charge in [-0.25, -0.2) is 4.98 Å². The second-order valence-electron chi connectivity index (χ2n) is 8.75. The molecular formula is C27H29N3O2. The van der Waals surface area contributed by atoms with Gasteiger partial charge < -0.3 is 14.4 Å². The second kappa shape index (κ2) is 8.77. The average molecular weight is 428 g/mol. The highest BCUT2D eigenvalue weighted by molar-refractivity contribution is 5.82. The van der Waals surface area contributed by atoms with Crippen molar-refractivity contribution in [3.8, 4) is 16.9 Å². The van der Waals surface area contributed by atoms with Gasteiger partial charge in [0.25, 0.3) is 0 Å². The van der Waals surface area contributed by atoms with Gasteiger partial charge in [-0.2, -0.15) is 0 Å². The molecule has 1 aliphatic heterocycles. The van der Waals surface area contributed by atoms with Crippen LogP contribution in [0.3, 0.4) is 0 Å². The van der Waals surface area contributed by atoms with Crippen molar-refractivity contribution in [2.45, 2.75) is 26.0 Å². The number of hydrogen-bond donors (Lipinski definition) is 1. The van der Waals surface area contributed by atoms with E-state index < -0.39 is 6.10 Å². The summed E-state index contributed by atoms with van der Waals surface area (Å²) in [5.41, 5.74) is 8.51. The number of aliphatic hydroxyl groups excluding tert-OH is 1. The number of hydrogen-bond acceptors (Lipinski definition) is 4. The molecule has 3 aromatic carbocycles. The minimum atomic E-state index is -0.532. The van der Waals surface area contributed by atoms with Crippen molar-refractivity contribution in [3.63, 3.8) is 0 Å². The molecule has 5 heteroatoms. The lowest BCUT2D eigenvalue weighted by atomic mass is 9.95. The number of aliphatic hydroxyl groups is 1. The Labute approximate surface area is 188 Å². The van der Waals surface area contributed by atoms with Crippen LogP contribution in [-0.2, 0) is 20.0 Å². The topological polar surface area (TPSA) is 50.5 Å². The molecule has 0 aliphatic carbocycles. The van der Waals surface area contributed by atoms with Crippen LogP contribution in [0.4, 0.5) is 0 Å². The van der Waals surface area contributed by atoms with Crippen LogP contribution in [0.15, 0.2) is 67.0 Å². The van der Waals surface area contributed by atoms with Gasteiger partial charge in [-0.15, -0.1) is 0 Å². The molecule has 0 amide bonds. The van der Waals surface area contributed by atoms with Crippen molar-refractivity contribution in [2.24, 2.45) is 7.05 Å². The number of aromatic nitrogens is 2. The van der Waals surface area contributed by atoms with E-state index in [0.717, 1.165) is 47.4 Å². The first-order valence-corrected chi connectivity index (χ1v) is 11.2. The molecule has 164 valence electrons. The highest BCUT2D eigenvalue weighted by Crippen LogP contribution is 2.27. The minimum absolute atomic E-state index is 0.279. The van der Waals surface area contributed by atoms with Gasteiger partial charge in [0, 0.05) is 26.7 Å². The third-order valence-corrected chi connectivity index (χ3v) is 6.38. The third kappa shape index (κ3) is 4.27. The molecule has 1 aliphatic rings. The van der Waals surface area contributed by atoms with E-state index in [1.54, 1.807) is 0 Å². The van der Waals surface area contributed by atoms with E-state index >= 15 is 0 Å². The van der Waals surface area contributed by atoms with Crippen LogP contribution >= 0.6 is 0 Å². The Bertz CT molecular complexity index is 1250. The fourth-order valence-electron chi connectivity index (χ4n) is 4.63. The highest BCUT2D eigenvalue weighted by Gasteiger charge is 2.20. The lowest BCUT2D eigenvalue weighted by Gasteiger charge is -2.31. The number of nitrogens with zero attached hydrogens (tertiary/aromatic N) is 3. The van der Waals surface area contributed by atoms with Gasteiger partial charge in [0.1, 0.15) is 18.5 Å². The molecule has 32 heavy (non-hydrogen) atoms. The molecule has 1 atom stereocenters. The van der Waals surface area contributed by atoms with E-state index in [1.807, 2.05) is 42.2 Å². The maximum Gasteiger partial charge on any atom is 0.120 e. The summed E-state index contributed by atoms with van der Waals surface area (Å²) in [7, 11) is 2.00. The summed E-state index contributed by atoms with van der Waals surface area (Å²) in [5, 5.41) is 10.6. The Morgan fingerprint density at radius 3 is 2.81 bits per heavy atom. The highest BCUT2D eigenvalue weighted by atomic mass is 16.5. The van der Waals surface area contributed by atoms with E-state index in [1.165, 1.54) is 16.7 Å². The predicted octanol–water partition coefficient (Wildman–Crippen LogP) is 4.35. The fourth-order valence-corrected chi connectivity index (χ4v) is 4.63. The fraction of sp³-hybridized carbons (Fsp3) is 0.296. The minimum Gasteiger partial charge on any atom is -0.491 e. The predicted molar refractivity (Wildman–Crippen MR) is 128 cm³/mol. The molecule has 0 radical (unpaired) electrons. The largest absolute Gasteiger partial charge is 0.491 e. The molecule has 5 nitrogen and oxygen atoms in total. The Morgan fingerprint density at radius 2 is 1.91 bits per heavy atom. The maximum absolute atomic E-state index is 10.6. The summed E-state index contributed by atoms with van der Waals surface area (Å²) in [5.74, 6) is 0.770. The number of fused-ring (bicyclic) bond motifs is 2. The first kappa shape index (κ1) is 20.7. The van der Waals surface area contributed by atoms with Crippen LogP contribution in [0, 0.1) is 6.92 Å². The molecule has 0 saturated carbocycles. The molecule has 4 aromatic rings. The van der Waals surface area contributed by atoms with Gasteiger partial charge in [0.15, 0.2) is 0 Å². The van der Waals surface area contributed by atoms with Crippen molar-refractivity contribution < 1.29 is 9.84 Å². The first-order valence-electron chi connectivity index (χ1n) is 11.2. The third-order valence-electron chi connectivity index (χ3n) is 6.38. The molecule has 1 N–H and O–H groups in total. The van der Waals surface area contributed by atoms with E-state index in [0.29, 0.717) is 6.54 Å². The maximum atomic E-state index is 10.6. The molecule has 1 unspecified atom stereocenters. The molecule has 5 rings (SSSR count). The standard InChI is InChI=1S/C27H29N3O2/c1-19-5-3-7-22-15-30(12-11-25(19)22)16-23(31)17-32-24-8-4-6-20(13-24)21-9-10-26-27(14-21)29(2)18-28-26/h3-10,13-14,18,23,31H,11-12,15-17H2,1-2H3. The molecule has 0 saturated heterocycles. The van der Waals surface area contributed by atoms with Crippen LogP contribution in [0.1, 0.15) is 16.7 Å². The van der Waals surface area contributed by atoms with E-state index in [2.05, 4.69) is 53.2 Å². The van der Waals surface area contributed by atoms with Crippen molar-refractivity contribution in [1.29, 1.82) is 0 Å². The molecule has 1 aromatic heterocycles. The van der Waals surface area contributed by atoms with Gasteiger partial charge in [-0.05, 0) is 65.4 Å². The van der Waals surface area contributed by atoms with Crippen LogP contribution < -0.4 is 4.74 Å². The van der Waals surface area contributed by atoms with Gasteiger partial charge in [-0.1, -0.05) is 36.4 Å². The summed E-state index contributed by atoms with van der Waals surface area (Å²) < 4.78 is 7.99. The average Bonchev–Trinajstić information content (AvgIpc) is 3.18. The smallest absolute Gasteiger partial charge is 0.120 e. The van der Waals surface area contributed by atoms with Crippen LogP contribution in [-0.4, -0.2) is 45.4 Å². The quantitative estimate of drug-likeness (QED) is 0.497. The lowest BCUT2D eigenvalue weighted by molar-refractivity contribution is 0.0637. The molecule has 0 spiro atoms. The number of aryl methyl sites for hydroxylation is 2. The van der Waals surface area contributed by atoms with E-state index in [4.69, 9.17) is 4.74 Å². The first-order chi connectivity index (χ1) is 15.6. The van der Waals surface area contributed by atoms with Crippen molar-refractivity contribution in [3.05, 3.63) is 83.7 Å². The van der Waals surface area contributed by atoms with Gasteiger partial charge in [0.05, 0.1) is 17.4 Å². The number of β-amino-alcohol motifs (C(OH)–C–C–N with tert-alkyl or cyclic N) is 1. The number of ether oxygens (including phenoxy) is 1. The Hall–Kier alpha value is -3.15. The molecule has 2 heterocycles. The second-order valence-corrected chi connectivity index (χ2v) is 8.75. The van der Waals surface area contributed by atoms with Gasteiger partial charge >= 0.3 is 0 Å². The summed E-state index contributed by atoms with van der Waals surface area (Å²) in [6.45, 7) is 4.94. The Morgan fingerprint density at radius 1 is 1.06 bits per heavy atom. The molecule has 0 fully saturated rings. The van der Waals surface area contributed by atoms with Gasteiger partial charge in [0.2, 0.25) is 0 Å². The molecule has 0 bridgehead atoms. The lowest BCUT2D eigenvalue weighted by Crippen LogP contribution is -2.39. The van der Waals surface area contributed by atoms with Crippen LogP contribution in [0.5, 0.6) is 5.75 Å². The Kier molecular flexibility index (Phi) is 5.68. The monoisotopic (exact) mass is 427 g/mol. The van der Waals surface area contributed by atoms with Crippen molar-refractivity contribution >= 4 is 11.0 Å². The van der Waals surface area contributed by atoms with E-state index in [-0.39, 0.29) is 6.61 Å². The van der Waals surface area contributed by atoms with Gasteiger partial charge in [-0.3, -0.25) is 4.90 Å². The summed E-state index contributed by atoms with van der Waals surface area (Å²) in [4.78, 5) is 6.71. The number of rotatable bonds is 6. The number of benzene rings is 3. The van der Waals surface area contributed by atoms with Crippen molar-refractivity contribution in [2.75, 3.05) is 19.7 Å². The van der Waals surface area contributed by atoms with Crippen molar-refractivity contribution in [1.82, 2.24) is 14.5 Å².